The van der Waals surface area contributed by atoms with Gasteiger partial charge in [-0.3, -0.25) is 9.78 Å². The lowest BCUT2D eigenvalue weighted by Crippen LogP contribution is -2.41. The molecule has 3 heterocycles. The number of halogens is 3. The zero-order valence-electron chi connectivity index (χ0n) is 13.0. The standard InChI is InChI=1S/C15H16F3N5O/c1-2-12-21-22-13-6-4-10(8-23(12)13)20-14(24)11-5-3-9(7-19-11)15(16,17)18/h3,5,7,10H,2,4,6,8H2,1H3,(H,20,24)/t10-/m0/s1. The number of rotatable bonds is 3. The summed E-state index contributed by atoms with van der Waals surface area (Å²) in [6.07, 6.45) is -1.66. The van der Waals surface area contributed by atoms with E-state index < -0.39 is 17.6 Å². The molecule has 0 fully saturated rings. The number of amides is 1. The number of nitrogens with one attached hydrogen (secondary N) is 1. The van der Waals surface area contributed by atoms with Crippen molar-refractivity contribution < 1.29 is 18.0 Å². The van der Waals surface area contributed by atoms with Crippen molar-refractivity contribution in [1.29, 1.82) is 0 Å². The van der Waals surface area contributed by atoms with Crippen molar-refractivity contribution in [2.45, 2.75) is 44.9 Å². The molecule has 0 aromatic carbocycles. The summed E-state index contributed by atoms with van der Waals surface area (Å²) < 4.78 is 39.5. The molecule has 6 nitrogen and oxygen atoms in total. The number of hydrogen-bond donors (Lipinski definition) is 1. The first-order chi connectivity index (χ1) is 11.4. The molecule has 0 bridgehead atoms. The molecule has 3 rings (SSSR count). The van der Waals surface area contributed by atoms with Gasteiger partial charge in [0, 0.05) is 31.6 Å². The largest absolute Gasteiger partial charge is 0.417 e. The van der Waals surface area contributed by atoms with E-state index in [0.717, 1.165) is 30.2 Å². The predicted octanol–water partition coefficient (Wildman–Crippen LogP) is 2.00. The van der Waals surface area contributed by atoms with Crippen LogP contribution in [0.15, 0.2) is 18.3 Å². The fraction of sp³-hybridized carbons (Fsp3) is 0.467. The molecule has 0 saturated heterocycles. The normalized spacial score (nSPS) is 17.4. The Hall–Kier alpha value is -2.45. The van der Waals surface area contributed by atoms with Gasteiger partial charge in [0.25, 0.3) is 5.91 Å². The summed E-state index contributed by atoms with van der Waals surface area (Å²) in [6, 6.07) is 1.81. The van der Waals surface area contributed by atoms with Crippen LogP contribution < -0.4 is 5.32 Å². The Labute approximate surface area is 136 Å². The summed E-state index contributed by atoms with van der Waals surface area (Å²) in [6.45, 7) is 2.53. The van der Waals surface area contributed by atoms with Gasteiger partial charge < -0.3 is 9.88 Å². The second-order valence-electron chi connectivity index (χ2n) is 5.64. The SMILES string of the molecule is CCc1nnc2n1C[C@@H](NC(=O)c1ccc(C(F)(F)F)cn1)CC2. The van der Waals surface area contributed by atoms with Crippen LogP contribution in [0.3, 0.4) is 0 Å². The summed E-state index contributed by atoms with van der Waals surface area (Å²) in [7, 11) is 0. The number of pyridine rings is 1. The van der Waals surface area contributed by atoms with Gasteiger partial charge in [0.1, 0.15) is 17.3 Å². The smallest absolute Gasteiger partial charge is 0.346 e. The molecular formula is C15H16F3N5O. The predicted molar refractivity (Wildman–Crippen MR) is 78.2 cm³/mol. The number of hydrogen-bond acceptors (Lipinski definition) is 4. The molecule has 1 aliphatic rings. The van der Waals surface area contributed by atoms with Crippen LogP contribution in [0.25, 0.3) is 0 Å². The zero-order chi connectivity index (χ0) is 17.3. The molecule has 9 heteroatoms. The number of carbonyl (C=O) groups excluding carboxylic acids is 1. The molecule has 2 aromatic heterocycles. The van der Waals surface area contributed by atoms with E-state index in [2.05, 4.69) is 20.5 Å². The fourth-order valence-electron chi connectivity index (χ4n) is 2.72. The maximum atomic E-state index is 12.5. The van der Waals surface area contributed by atoms with E-state index in [-0.39, 0.29) is 11.7 Å². The van der Waals surface area contributed by atoms with Gasteiger partial charge in [0.15, 0.2) is 0 Å². The highest BCUT2D eigenvalue weighted by atomic mass is 19.4. The number of aromatic nitrogens is 4. The third-order valence-electron chi connectivity index (χ3n) is 4.00. The molecule has 1 N–H and O–H groups in total. The summed E-state index contributed by atoms with van der Waals surface area (Å²) in [5, 5.41) is 11.0. The molecule has 0 unspecified atom stereocenters. The highest BCUT2D eigenvalue weighted by molar-refractivity contribution is 5.92. The summed E-state index contributed by atoms with van der Waals surface area (Å²) in [4.78, 5) is 15.8. The number of nitrogens with zero attached hydrogens (tertiary/aromatic N) is 4. The van der Waals surface area contributed by atoms with Crippen LogP contribution in [0.5, 0.6) is 0 Å². The maximum Gasteiger partial charge on any atom is 0.417 e. The summed E-state index contributed by atoms with van der Waals surface area (Å²) in [5.41, 5.74) is -0.910. The monoisotopic (exact) mass is 339 g/mol. The first-order valence-electron chi connectivity index (χ1n) is 7.63. The van der Waals surface area contributed by atoms with E-state index in [1.54, 1.807) is 0 Å². The maximum absolute atomic E-state index is 12.5. The molecule has 24 heavy (non-hydrogen) atoms. The number of carbonyl (C=O) groups is 1. The van der Waals surface area contributed by atoms with Crippen molar-refractivity contribution in [3.63, 3.8) is 0 Å². The van der Waals surface area contributed by atoms with Crippen molar-refractivity contribution in [2.75, 3.05) is 0 Å². The van der Waals surface area contributed by atoms with Crippen molar-refractivity contribution >= 4 is 5.91 Å². The third kappa shape index (κ3) is 3.24. The lowest BCUT2D eigenvalue weighted by Gasteiger charge is -2.25. The third-order valence-corrected chi connectivity index (χ3v) is 4.00. The average molecular weight is 339 g/mol. The quantitative estimate of drug-likeness (QED) is 0.928. The minimum Gasteiger partial charge on any atom is -0.346 e. The van der Waals surface area contributed by atoms with Crippen LogP contribution in [0.2, 0.25) is 0 Å². The zero-order valence-corrected chi connectivity index (χ0v) is 13.0. The number of fused-ring (bicyclic) bond motifs is 1. The minimum absolute atomic E-state index is 0.0340. The van der Waals surface area contributed by atoms with Crippen molar-refractivity contribution in [3.05, 3.63) is 41.2 Å². The Morgan fingerprint density at radius 3 is 2.79 bits per heavy atom. The van der Waals surface area contributed by atoms with Gasteiger partial charge in [0.2, 0.25) is 0 Å². The Morgan fingerprint density at radius 1 is 1.38 bits per heavy atom. The van der Waals surface area contributed by atoms with E-state index >= 15 is 0 Å². The van der Waals surface area contributed by atoms with Crippen LogP contribution in [-0.4, -0.2) is 31.7 Å². The first-order valence-corrected chi connectivity index (χ1v) is 7.63. The van der Waals surface area contributed by atoms with Gasteiger partial charge in [-0.05, 0) is 18.6 Å². The Bertz CT molecular complexity index is 725. The fourth-order valence-corrected chi connectivity index (χ4v) is 2.72. The lowest BCUT2D eigenvalue weighted by atomic mass is 10.1. The van der Waals surface area contributed by atoms with Crippen LogP contribution in [0, 0.1) is 0 Å². The lowest BCUT2D eigenvalue weighted by molar-refractivity contribution is -0.137. The number of aryl methyl sites for hydroxylation is 2. The van der Waals surface area contributed by atoms with Gasteiger partial charge in [-0.1, -0.05) is 6.92 Å². The van der Waals surface area contributed by atoms with Crippen molar-refractivity contribution in [1.82, 2.24) is 25.1 Å². The van der Waals surface area contributed by atoms with Gasteiger partial charge >= 0.3 is 6.18 Å². The van der Waals surface area contributed by atoms with Gasteiger partial charge in [-0.2, -0.15) is 13.2 Å². The van der Waals surface area contributed by atoms with E-state index in [1.165, 1.54) is 0 Å². The van der Waals surface area contributed by atoms with Crippen LogP contribution in [0.1, 0.15) is 41.0 Å². The number of alkyl halides is 3. The van der Waals surface area contributed by atoms with E-state index in [4.69, 9.17) is 0 Å². The molecule has 0 spiro atoms. The Morgan fingerprint density at radius 2 is 2.17 bits per heavy atom. The highest BCUT2D eigenvalue weighted by Gasteiger charge is 2.31. The van der Waals surface area contributed by atoms with Crippen LogP contribution in [0.4, 0.5) is 13.2 Å². The summed E-state index contributed by atoms with van der Waals surface area (Å²) >= 11 is 0. The van der Waals surface area contributed by atoms with E-state index in [1.807, 2.05) is 11.5 Å². The van der Waals surface area contributed by atoms with Crippen LogP contribution in [-0.2, 0) is 25.6 Å². The molecule has 128 valence electrons. The van der Waals surface area contributed by atoms with E-state index in [0.29, 0.717) is 25.6 Å². The second kappa shape index (κ2) is 6.21. The van der Waals surface area contributed by atoms with Gasteiger partial charge in [-0.15, -0.1) is 10.2 Å². The van der Waals surface area contributed by atoms with Crippen LogP contribution >= 0.6 is 0 Å². The molecule has 1 aliphatic heterocycles. The second-order valence-corrected chi connectivity index (χ2v) is 5.64. The topological polar surface area (TPSA) is 72.7 Å². The molecule has 1 amide bonds. The van der Waals surface area contributed by atoms with E-state index in [9.17, 15) is 18.0 Å². The molecule has 0 aliphatic carbocycles. The molecule has 2 aromatic rings. The van der Waals surface area contributed by atoms with Gasteiger partial charge in [0.05, 0.1) is 5.56 Å². The molecule has 1 atom stereocenters. The van der Waals surface area contributed by atoms with Crippen molar-refractivity contribution in [2.24, 2.45) is 0 Å². The average Bonchev–Trinajstić information content (AvgIpc) is 2.96. The summed E-state index contributed by atoms with van der Waals surface area (Å²) in [5.74, 6) is 1.27. The molecule has 0 radical (unpaired) electrons. The molecule has 0 saturated carbocycles. The minimum atomic E-state index is -4.47. The van der Waals surface area contributed by atoms with Crippen molar-refractivity contribution in [3.8, 4) is 0 Å². The Balaban J connectivity index is 1.67. The van der Waals surface area contributed by atoms with Gasteiger partial charge in [-0.25, -0.2) is 0 Å². The first kappa shape index (κ1) is 16.4. The molecular weight excluding hydrogens is 323 g/mol. The highest BCUT2D eigenvalue weighted by Crippen LogP contribution is 2.28. The Kier molecular flexibility index (Phi) is 4.25.